The van der Waals surface area contributed by atoms with Crippen LogP contribution in [0.25, 0.3) is 0 Å². The van der Waals surface area contributed by atoms with Gasteiger partial charge in [-0.05, 0) is 31.2 Å². The minimum Gasteiger partial charge on any atom is -0.497 e. The lowest BCUT2D eigenvalue weighted by Crippen LogP contribution is -2.64. The van der Waals surface area contributed by atoms with Crippen molar-refractivity contribution in [2.45, 2.75) is 37.4 Å². The highest BCUT2D eigenvalue weighted by Crippen LogP contribution is 2.42. The van der Waals surface area contributed by atoms with Gasteiger partial charge in [-0.15, -0.1) is 0 Å². The van der Waals surface area contributed by atoms with Gasteiger partial charge in [0.15, 0.2) is 5.79 Å². The molecule has 2 aliphatic heterocycles. The van der Waals surface area contributed by atoms with E-state index in [1.807, 2.05) is 31.2 Å². The van der Waals surface area contributed by atoms with Crippen LogP contribution >= 0.6 is 0 Å². The molecule has 0 radical (unpaired) electrons. The number of amides is 1. The number of anilines is 1. The molecule has 0 bridgehead atoms. The molecule has 1 aromatic rings. The summed E-state index contributed by atoms with van der Waals surface area (Å²) in [6, 6.07) is 7.19. The average molecular weight is 351 g/mol. The molecule has 2 fully saturated rings. The van der Waals surface area contributed by atoms with E-state index in [0.29, 0.717) is 19.6 Å². The fourth-order valence-corrected chi connectivity index (χ4v) is 3.45. The molecule has 138 valence electrons. The van der Waals surface area contributed by atoms with Crippen LogP contribution in [0.5, 0.6) is 5.75 Å². The smallest absolute Gasteiger partial charge is 0.229 e. The molecule has 2 aliphatic rings. The molecule has 7 nitrogen and oxygen atoms in total. The Balaban J connectivity index is 1.78. The first kappa shape index (κ1) is 18.1. The second kappa shape index (κ2) is 7.29. The SMILES string of the molecule is COC[C@@H]1OC(C)(C2CC(=O)N2c2ccc(OC)cc2)O[C@H]1COC. The highest BCUT2D eigenvalue weighted by Gasteiger charge is 2.57. The van der Waals surface area contributed by atoms with Crippen molar-refractivity contribution in [1.82, 2.24) is 0 Å². The second-order valence-corrected chi connectivity index (χ2v) is 6.42. The van der Waals surface area contributed by atoms with Crippen LogP contribution in [0.2, 0.25) is 0 Å². The zero-order valence-electron chi connectivity index (χ0n) is 15.1. The number of nitrogens with zero attached hydrogens (tertiary/aromatic N) is 1. The van der Waals surface area contributed by atoms with Crippen LogP contribution in [0, 0.1) is 0 Å². The largest absolute Gasteiger partial charge is 0.497 e. The summed E-state index contributed by atoms with van der Waals surface area (Å²) in [7, 11) is 4.86. The Morgan fingerprint density at radius 3 is 2.08 bits per heavy atom. The van der Waals surface area contributed by atoms with Crippen molar-refractivity contribution >= 4 is 11.6 Å². The third-order valence-corrected chi connectivity index (χ3v) is 4.75. The van der Waals surface area contributed by atoms with Crippen molar-refractivity contribution in [2.75, 3.05) is 39.4 Å². The number of hydrogen-bond acceptors (Lipinski definition) is 6. The van der Waals surface area contributed by atoms with Gasteiger partial charge in [-0.25, -0.2) is 0 Å². The van der Waals surface area contributed by atoms with Gasteiger partial charge < -0.3 is 28.6 Å². The summed E-state index contributed by atoms with van der Waals surface area (Å²) >= 11 is 0. The van der Waals surface area contributed by atoms with Gasteiger partial charge in [-0.1, -0.05) is 0 Å². The molecule has 0 N–H and O–H groups in total. The molecule has 7 heteroatoms. The highest BCUT2D eigenvalue weighted by molar-refractivity contribution is 6.01. The summed E-state index contributed by atoms with van der Waals surface area (Å²) in [4.78, 5) is 14.0. The number of carbonyl (C=O) groups is 1. The van der Waals surface area contributed by atoms with Gasteiger partial charge in [0, 0.05) is 19.9 Å². The Bertz CT molecular complexity index is 590. The number of methoxy groups -OCH3 is 3. The molecule has 1 unspecified atom stereocenters. The Labute approximate surface area is 147 Å². The van der Waals surface area contributed by atoms with Crippen LogP contribution < -0.4 is 9.64 Å². The molecule has 0 aromatic heterocycles. The van der Waals surface area contributed by atoms with E-state index >= 15 is 0 Å². The van der Waals surface area contributed by atoms with E-state index in [1.54, 1.807) is 26.2 Å². The van der Waals surface area contributed by atoms with E-state index in [9.17, 15) is 4.79 Å². The Morgan fingerprint density at radius 2 is 1.64 bits per heavy atom. The maximum atomic E-state index is 12.2. The summed E-state index contributed by atoms with van der Waals surface area (Å²) in [5.41, 5.74) is 0.800. The van der Waals surface area contributed by atoms with Gasteiger partial charge in [0.05, 0.1) is 32.8 Å². The van der Waals surface area contributed by atoms with Crippen molar-refractivity contribution in [2.24, 2.45) is 0 Å². The normalized spacial score (nSPS) is 28.1. The van der Waals surface area contributed by atoms with E-state index in [4.69, 9.17) is 23.7 Å². The van der Waals surface area contributed by atoms with Crippen LogP contribution in [0.1, 0.15) is 13.3 Å². The second-order valence-electron chi connectivity index (χ2n) is 6.42. The highest BCUT2D eigenvalue weighted by atomic mass is 16.8. The van der Waals surface area contributed by atoms with E-state index in [0.717, 1.165) is 11.4 Å². The summed E-state index contributed by atoms with van der Waals surface area (Å²) in [6.07, 6.45) is -0.0891. The average Bonchev–Trinajstić information content (AvgIpc) is 2.90. The summed E-state index contributed by atoms with van der Waals surface area (Å²) in [6.45, 7) is 2.69. The van der Waals surface area contributed by atoms with Crippen LogP contribution in [0.3, 0.4) is 0 Å². The van der Waals surface area contributed by atoms with Crippen LogP contribution in [0.15, 0.2) is 24.3 Å². The number of ether oxygens (including phenoxy) is 5. The van der Waals surface area contributed by atoms with Crippen molar-refractivity contribution in [1.29, 1.82) is 0 Å². The van der Waals surface area contributed by atoms with Crippen molar-refractivity contribution in [3.63, 3.8) is 0 Å². The number of β-lactam (4-membered cyclic amide) rings is 1. The fourth-order valence-electron chi connectivity index (χ4n) is 3.45. The molecule has 25 heavy (non-hydrogen) atoms. The number of rotatable bonds is 7. The minimum absolute atomic E-state index is 0.0436. The molecule has 2 heterocycles. The first-order chi connectivity index (χ1) is 12.0. The van der Waals surface area contributed by atoms with Gasteiger partial charge >= 0.3 is 0 Å². The van der Waals surface area contributed by atoms with Crippen molar-refractivity contribution in [3.05, 3.63) is 24.3 Å². The Hall–Kier alpha value is -1.67. The topological polar surface area (TPSA) is 66.5 Å². The third kappa shape index (κ3) is 3.37. The Kier molecular flexibility index (Phi) is 5.29. The molecule has 3 rings (SSSR count). The maximum Gasteiger partial charge on any atom is 0.229 e. The predicted octanol–water partition coefficient (Wildman–Crippen LogP) is 1.59. The van der Waals surface area contributed by atoms with Gasteiger partial charge in [0.2, 0.25) is 5.91 Å². The summed E-state index contributed by atoms with van der Waals surface area (Å²) in [5.74, 6) is -0.115. The van der Waals surface area contributed by atoms with Gasteiger partial charge in [-0.3, -0.25) is 4.79 Å². The number of benzene rings is 1. The van der Waals surface area contributed by atoms with Crippen LogP contribution in [0.4, 0.5) is 5.69 Å². The first-order valence-corrected chi connectivity index (χ1v) is 8.32. The molecule has 1 amide bonds. The lowest BCUT2D eigenvalue weighted by atomic mass is 9.93. The number of carbonyl (C=O) groups excluding carboxylic acids is 1. The lowest BCUT2D eigenvalue weighted by molar-refractivity contribution is -0.194. The van der Waals surface area contributed by atoms with Crippen molar-refractivity contribution < 1.29 is 28.5 Å². The van der Waals surface area contributed by atoms with Gasteiger partial charge in [-0.2, -0.15) is 0 Å². The van der Waals surface area contributed by atoms with E-state index < -0.39 is 5.79 Å². The van der Waals surface area contributed by atoms with Crippen molar-refractivity contribution in [3.8, 4) is 5.75 Å². The Morgan fingerprint density at radius 1 is 1.08 bits per heavy atom. The molecule has 0 spiro atoms. The maximum absolute atomic E-state index is 12.2. The molecule has 0 saturated carbocycles. The van der Waals surface area contributed by atoms with Gasteiger partial charge in [0.25, 0.3) is 0 Å². The molecular formula is C18H25NO6. The fraction of sp³-hybridized carbons (Fsp3) is 0.611. The lowest BCUT2D eigenvalue weighted by Gasteiger charge is -2.47. The quantitative estimate of drug-likeness (QED) is 0.695. The zero-order valence-corrected chi connectivity index (χ0v) is 15.1. The first-order valence-electron chi connectivity index (χ1n) is 8.32. The van der Waals surface area contributed by atoms with Gasteiger partial charge in [0.1, 0.15) is 18.0 Å². The standard InChI is InChI=1S/C18H25NO6/c1-18(24-14(10-21-2)15(25-18)11-22-3)16-9-17(20)19(16)12-5-7-13(23-4)8-6-12/h5-8,14-16H,9-11H2,1-4H3/t14-,15-,16?/m0/s1. The molecule has 0 aliphatic carbocycles. The number of hydrogen-bond donors (Lipinski definition) is 0. The van der Waals surface area contributed by atoms with Crippen LogP contribution in [-0.4, -0.2) is 64.5 Å². The zero-order chi connectivity index (χ0) is 18.0. The molecule has 3 atom stereocenters. The minimum atomic E-state index is -0.903. The van der Waals surface area contributed by atoms with E-state index in [1.165, 1.54) is 0 Å². The summed E-state index contributed by atoms with van der Waals surface area (Å²) < 4.78 is 28.0. The molecular weight excluding hydrogens is 326 g/mol. The third-order valence-electron chi connectivity index (χ3n) is 4.75. The van der Waals surface area contributed by atoms with E-state index in [2.05, 4.69) is 0 Å². The monoisotopic (exact) mass is 351 g/mol. The predicted molar refractivity (Wildman–Crippen MR) is 90.8 cm³/mol. The molecule has 2 saturated heterocycles. The molecule has 1 aromatic carbocycles. The summed E-state index contributed by atoms with van der Waals surface area (Å²) in [5, 5.41) is 0. The van der Waals surface area contributed by atoms with E-state index in [-0.39, 0.29) is 24.2 Å². The van der Waals surface area contributed by atoms with Crippen LogP contribution in [-0.2, 0) is 23.7 Å².